The molecule has 0 bridgehead atoms. The van der Waals surface area contributed by atoms with Crippen molar-refractivity contribution in [3.8, 4) is 17.1 Å². The van der Waals surface area contributed by atoms with Crippen LogP contribution in [-0.4, -0.2) is 132 Å². The van der Waals surface area contributed by atoms with Crippen molar-refractivity contribution in [2.75, 3.05) is 77.0 Å². The summed E-state index contributed by atoms with van der Waals surface area (Å²) in [6.45, 7) is 6.98. The number of fused-ring (bicyclic) bond motifs is 1. The highest BCUT2D eigenvalue weighted by molar-refractivity contribution is 6.07. The lowest BCUT2D eigenvalue weighted by atomic mass is 9.86. The van der Waals surface area contributed by atoms with Crippen molar-refractivity contribution in [2.45, 2.75) is 88.9 Å². The Labute approximate surface area is 437 Å². The largest absolute Gasteiger partial charge is 0.494 e. The second-order valence-electron chi connectivity index (χ2n) is 18.7. The number of carbonyl (C=O) groups is 5. The van der Waals surface area contributed by atoms with Gasteiger partial charge in [0.25, 0.3) is 11.8 Å². The first-order valence-corrected chi connectivity index (χ1v) is 25.3. The number of pyridine rings is 1. The van der Waals surface area contributed by atoms with Crippen LogP contribution in [0.25, 0.3) is 11.4 Å². The number of piperidine rings is 2. The number of H-pyrrole nitrogens is 1. The number of halogens is 1. The lowest BCUT2D eigenvalue weighted by molar-refractivity contribution is -0.137. The minimum Gasteiger partial charge on any atom is -0.494 e. The van der Waals surface area contributed by atoms with E-state index in [1.807, 2.05) is 67.6 Å². The number of hydrogen-bond acceptors (Lipinski definition) is 14. The van der Waals surface area contributed by atoms with Crippen LogP contribution in [0.2, 0.25) is 0 Å². The number of likely N-dealkylation sites (tertiary alicyclic amines) is 1. The number of hydrogen-bond donors (Lipinski definition) is 5. The number of benzene rings is 3. The molecule has 0 saturated carbocycles. The molecule has 5 amide bonds. The fraction of sp³-hybridized carbons (Fsp3) is 0.444. The molecule has 0 spiro atoms. The van der Waals surface area contributed by atoms with Gasteiger partial charge in [-0.1, -0.05) is 30.7 Å². The number of rotatable bonds is 26. The first-order chi connectivity index (χ1) is 35.5. The van der Waals surface area contributed by atoms with E-state index >= 15 is 0 Å². The third kappa shape index (κ3) is 14.7. The predicted octanol–water partition coefficient (Wildman–Crippen LogP) is 6.59. The average molecular weight is 1040 g/mol. The molecule has 3 aliphatic rings. The summed E-state index contributed by atoms with van der Waals surface area (Å²) < 4.78 is 23.0. The molecule has 3 aromatic carbocycles. The van der Waals surface area contributed by atoms with Crippen LogP contribution >= 0.6 is 12.4 Å². The number of ether oxygens (including phenoxy) is 4. The lowest BCUT2D eigenvalue weighted by Crippen LogP contribution is -2.52. The quantitative estimate of drug-likeness (QED) is 0.0291. The number of amides is 5. The van der Waals surface area contributed by atoms with Crippen molar-refractivity contribution in [3.63, 3.8) is 0 Å². The molecule has 5 aromatic rings. The summed E-state index contributed by atoms with van der Waals surface area (Å²) in [5.41, 5.74) is 4.34. The van der Waals surface area contributed by atoms with Crippen molar-refractivity contribution in [1.29, 1.82) is 0 Å². The van der Waals surface area contributed by atoms with Crippen LogP contribution in [0.4, 0.5) is 11.4 Å². The van der Waals surface area contributed by atoms with Crippen LogP contribution in [0.3, 0.4) is 0 Å². The zero-order chi connectivity index (χ0) is 51.0. The molecule has 2 atom stereocenters. The standard InChI is InChI=1S/C54H66N10O9.ClH/c1-37(56-50(67)40-11-7-12-41(34-40)60-54(21-25-63(2)26-22-54)53-59-49(61-62-53)38-18-23-55-24-19-38)39-10-8-13-42(35-39)73-28-6-4-3-5-27-70-30-32-72-33-31-71-29-20-48(66)57-45-15-9-14-43-44(45)36-64(52(43)69)46-16-17-47(65)58-51(46)68;/h7-15,18-19,23-24,34-35,37,46,60H,3-6,16-17,20-22,25-33,36H2,1-2H3,(H,56,67)(H,57,66)(H,58,65,68)(H,59,61,62);1H. The maximum absolute atomic E-state index is 13.6. The Bertz CT molecular complexity index is 2680. The van der Waals surface area contributed by atoms with Gasteiger partial charge in [-0.25, -0.2) is 4.98 Å². The fourth-order valence-corrected chi connectivity index (χ4v) is 9.25. The summed E-state index contributed by atoms with van der Waals surface area (Å²) in [5, 5.41) is 19.8. The fourth-order valence-electron chi connectivity index (χ4n) is 9.25. The normalized spacial score (nSPS) is 16.7. The topological polar surface area (TPSA) is 231 Å². The maximum Gasteiger partial charge on any atom is 0.255 e. The number of aromatic nitrogens is 4. The molecule has 8 rings (SSSR count). The number of unbranched alkanes of at least 4 members (excludes halogenated alkanes) is 3. The highest BCUT2D eigenvalue weighted by Gasteiger charge is 2.41. The molecule has 0 radical (unpaired) electrons. The maximum atomic E-state index is 13.6. The second kappa shape index (κ2) is 27.0. The number of nitrogens with one attached hydrogen (secondary N) is 5. The van der Waals surface area contributed by atoms with E-state index < -0.39 is 17.5 Å². The number of imide groups is 1. The van der Waals surface area contributed by atoms with E-state index in [1.165, 1.54) is 4.90 Å². The molecule has 2 unspecified atom stereocenters. The van der Waals surface area contributed by atoms with E-state index in [9.17, 15) is 24.0 Å². The van der Waals surface area contributed by atoms with Crippen LogP contribution in [0.15, 0.2) is 91.3 Å². The molecule has 20 heteroatoms. The van der Waals surface area contributed by atoms with E-state index in [2.05, 4.69) is 48.4 Å². The molecule has 3 aliphatic heterocycles. The van der Waals surface area contributed by atoms with Crippen LogP contribution in [-0.2, 0) is 40.7 Å². The lowest BCUT2D eigenvalue weighted by Gasteiger charge is -2.40. The minimum absolute atomic E-state index is 0. The highest BCUT2D eigenvalue weighted by Crippen LogP contribution is 2.36. The summed E-state index contributed by atoms with van der Waals surface area (Å²) in [4.78, 5) is 76.1. The van der Waals surface area contributed by atoms with Crippen LogP contribution < -0.4 is 26.0 Å². The Balaban J connectivity index is 0.00000800. The van der Waals surface area contributed by atoms with Crippen molar-refractivity contribution < 1.29 is 42.9 Å². The van der Waals surface area contributed by atoms with Gasteiger partial charge in [0.05, 0.1) is 57.6 Å². The smallest absolute Gasteiger partial charge is 0.255 e. The van der Waals surface area contributed by atoms with Gasteiger partial charge in [0.1, 0.15) is 11.8 Å². The Morgan fingerprint density at radius 1 is 0.838 bits per heavy atom. The van der Waals surface area contributed by atoms with E-state index in [4.69, 9.17) is 23.9 Å². The zero-order valence-electron chi connectivity index (χ0n) is 42.1. The van der Waals surface area contributed by atoms with Gasteiger partial charge in [-0.2, -0.15) is 5.10 Å². The molecular weight excluding hydrogens is 968 g/mol. The Morgan fingerprint density at radius 2 is 1.55 bits per heavy atom. The van der Waals surface area contributed by atoms with Crippen LogP contribution in [0, 0.1) is 0 Å². The van der Waals surface area contributed by atoms with Gasteiger partial charge < -0.3 is 44.7 Å². The third-order valence-electron chi connectivity index (χ3n) is 13.5. The second-order valence-corrected chi connectivity index (χ2v) is 18.7. The molecule has 2 aromatic heterocycles. The molecule has 19 nitrogen and oxygen atoms in total. The summed E-state index contributed by atoms with van der Waals surface area (Å²) in [6.07, 6.45) is 9.52. The van der Waals surface area contributed by atoms with E-state index in [-0.39, 0.29) is 74.5 Å². The van der Waals surface area contributed by atoms with Gasteiger partial charge in [-0.15, -0.1) is 12.4 Å². The first kappa shape index (κ1) is 55.0. The van der Waals surface area contributed by atoms with Crippen molar-refractivity contribution in [1.82, 2.24) is 40.6 Å². The zero-order valence-corrected chi connectivity index (χ0v) is 42.9. The molecule has 394 valence electrons. The number of carbonyl (C=O) groups excluding carboxylic acids is 5. The Kier molecular flexibility index (Phi) is 20.0. The Morgan fingerprint density at radius 3 is 2.32 bits per heavy atom. The summed E-state index contributed by atoms with van der Waals surface area (Å²) in [6, 6.07) is 23.4. The van der Waals surface area contributed by atoms with Crippen LogP contribution in [0.5, 0.6) is 5.75 Å². The average Bonchev–Trinajstić information content (AvgIpc) is 4.04. The summed E-state index contributed by atoms with van der Waals surface area (Å²) >= 11 is 0. The summed E-state index contributed by atoms with van der Waals surface area (Å²) in [7, 11) is 2.12. The number of anilines is 2. The number of aromatic amines is 1. The molecule has 74 heavy (non-hydrogen) atoms. The van der Waals surface area contributed by atoms with Crippen molar-refractivity contribution >= 4 is 53.3 Å². The summed E-state index contributed by atoms with van der Waals surface area (Å²) in [5.74, 6) is 0.606. The molecule has 5 N–H and O–H groups in total. The van der Waals surface area contributed by atoms with Crippen LogP contribution in [0.1, 0.15) is 108 Å². The van der Waals surface area contributed by atoms with Gasteiger partial charge in [0.15, 0.2) is 11.6 Å². The molecular formula is C54H67ClN10O9. The van der Waals surface area contributed by atoms with Crippen molar-refractivity contribution in [3.05, 3.63) is 119 Å². The Hall–Kier alpha value is -6.77. The third-order valence-corrected chi connectivity index (χ3v) is 13.5. The van der Waals surface area contributed by atoms with Crippen molar-refractivity contribution in [2.24, 2.45) is 0 Å². The monoisotopic (exact) mass is 1030 g/mol. The van der Waals surface area contributed by atoms with E-state index in [0.29, 0.717) is 67.8 Å². The predicted molar refractivity (Wildman–Crippen MR) is 280 cm³/mol. The SMILES string of the molecule is CC(NC(=O)c1cccc(NC2(c3nc(-c4ccncc4)n[nH]3)CCN(C)CC2)c1)c1cccc(OCCCCCCOCCOCCOCCC(=O)Nc2cccc3c2CN(C2CCC(=O)NC2=O)C3=O)c1.Cl. The molecule has 2 saturated heterocycles. The van der Waals surface area contributed by atoms with Gasteiger partial charge in [-0.3, -0.25) is 39.4 Å². The first-order valence-electron chi connectivity index (χ1n) is 25.3. The number of nitrogens with zero attached hydrogens (tertiary/aromatic N) is 5. The molecule has 5 heterocycles. The molecule has 2 fully saturated rings. The molecule has 0 aliphatic carbocycles. The minimum atomic E-state index is -0.725. The van der Waals surface area contributed by atoms with Gasteiger partial charge in [-0.05, 0) is 113 Å². The van der Waals surface area contributed by atoms with Gasteiger partial charge >= 0.3 is 0 Å². The highest BCUT2D eigenvalue weighted by atomic mass is 35.5. The van der Waals surface area contributed by atoms with E-state index in [0.717, 1.165) is 80.0 Å². The van der Waals surface area contributed by atoms with Gasteiger partial charge in [0.2, 0.25) is 17.7 Å². The van der Waals surface area contributed by atoms with E-state index in [1.54, 1.807) is 30.6 Å². The van der Waals surface area contributed by atoms with Gasteiger partial charge in [0, 0.05) is 78.7 Å².